The first-order valence-corrected chi connectivity index (χ1v) is 10.7. The molecule has 2 N–H and O–H groups in total. The molecule has 0 bridgehead atoms. The third kappa shape index (κ3) is 3.43. The zero-order valence-electron chi connectivity index (χ0n) is 16.0. The van der Waals surface area contributed by atoms with Gasteiger partial charge in [-0.05, 0) is 37.1 Å². The SMILES string of the molecule is Cc1cc2c(s1)Nc1ccccc1N=C2N1CCNC(Cc2ccccc2)C1. The summed E-state index contributed by atoms with van der Waals surface area (Å²) in [5.41, 5.74) is 4.69. The van der Waals surface area contributed by atoms with Crippen LogP contribution >= 0.6 is 11.3 Å². The number of para-hydroxylation sites is 2. The lowest BCUT2D eigenvalue weighted by atomic mass is 10.0. The van der Waals surface area contributed by atoms with Crippen LogP contribution in [0.1, 0.15) is 16.0 Å². The average molecular weight is 389 g/mol. The minimum atomic E-state index is 0.425. The van der Waals surface area contributed by atoms with Gasteiger partial charge in [0.25, 0.3) is 0 Å². The number of anilines is 2. The third-order valence-electron chi connectivity index (χ3n) is 5.35. The molecular weight excluding hydrogens is 364 g/mol. The minimum absolute atomic E-state index is 0.425. The number of aliphatic imine (C=N–C) groups is 1. The van der Waals surface area contributed by atoms with E-state index in [0.29, 0.717) is 6.04 Å². The van der Waals surface area contributed by atoms with Gasteiger partial charge in [-0.3, -0.25) is 0 Å². The van der Waals surface area contributed by atoms with E-state index in [4.69, 9.17) is 4.99 Å². The summed E-state index contributed by atoms with van der Waals surface area (Å²) >= 11 is 1.80. The second kappa shape index (κ2) is 7.41. The number of aryl methyl sites for hydroxylation is 1. The van der Waals surface area contributed by atoms with E-state index in [-0.39, 0.29) is 0 Å². The molecule has 3 aromatic rings. The molecular formula is C23H24N4S. The van der Waals surface area contributed by atoms with Crippen molar-refractivity contribution in [3.05, 3.63) is 76.7 Å². The fourth-order valence-electron chi connectivity index (χ4n) is 4.04. The lowest BCUT2D eigenvalue weighted by molar-refractivity contribution is 0.290. The number of thiophene rings is 1. The molecule has 0 radical (unpaired) electrons. The molecule has 0 amide bonds. The number of nitrogens with one attached hydrogen (secondary N) is 2. The molecule has 4 nitrogen and oxygen atoms in total. The lowest BCUT2D eigenvalue weighted by Gasteiger charge is -2.36. The second-order valence-electron chi connectivity index (χ2n) is 7.46. The first-order valence-electron chi connectivity index (χ1n) is 9.84. The Balaban J connectivity index is 1.47. The molecule has 5 heteroatoms. The van der Waals surface area contributed by atoms with Crippen molar-refractivity contribution in [3.63, 3.8) is 0 Å². The zero-order valence-corrected chi connectivity index (χ0v) is 16.8. The maximum Gasteiger partial charge on any atom is 0.139 e. The molecule has 1 fully saturated rings. The summed E-state index contributed by atoms with van der Waals surface area (Å²) in [4.78, 5) is 8.88. The van der Waals surface area contributed by atoms with Gasteiger partial charge >= 0.3 is 0 Å². The summed E-state index contributed by atoms with van der Waals surface area (Å²) in [5, 5.41) is 8.49. The molecule has 2 aromatic carbocycles. The van der Waals surface area contributed by atoms with Crippen LogP contribution in [0.4, 0.5) is 16.4 Å². The fraction of sp³-hybridized carbons (Fsp3) is 0.261. The number of amidine groups is 1. The van der Waals surface area contributed by atoms with Crippen LogP contribution in [0.25, 0.3) is 0 Å². The molecule has 2 aliphatic rings. The van der Waals surface area contributed by atoms with Crippen molar-refractivity contribution in [1.82, 2.24) is 10.2 Å². The highest BCUT2D eigenvalue weighted by Gasteiger charge is 2.27. The summed E-state index contributed by atoms with van der Waals surface area (Å²) in [7, 11) is 0. The van der Waals surface area contributed by atoms with Crippen LogP contribution in [-0.4, -0.2) is 36.4 Å². The molecule has 2 aliphatic heterocycles. The van der Waals surface area contributed by atoms with Crippen LogP contribution in [0.3, 0.4) is 0 Å². The first-order chi connectivity index (χ1) is 13.8. The molecule has 142 valence electrons. The second-order valence-corrected chi connectivity index (χ2v) is 8.72. The Morgan fingerprint density at radius 3 is 2.82 bits per heavy atom. The van der Waals surface area contributed by atoms with Gasteiger partial charge in [-0.25, -0.2) is 4.99 Å². The Morgan fingerprint density at radius 2 is 1.93 bits per heavy atom. The smallest absolute Gasteiger partial charge is 0.139 e. The van der Waals surface area contributed by atoms with Gasteiger partial charge in [0, 0.05) is 30.6 Å². The molecule has 1 saturated heterocycles. The molecule has 1 aromatic heterocycles. The van der Waals surface area contributed by atoms with Gasteiger partial charge in [-0.1, -0.05) is 42.5 Å². The van der Waals surface area contributed by atoms with Crippen molar-refractivity contribution < 1.29 is 0 Å². The fourth-order valence-corrected chi connectivity index (χ4v) is 4.96. The van der Waals surface area contributed by atoms with Gasteiger partial charge in [-0.15, -0.1) is 11.3 Å². The van der Waals surface area contributed by atoms with E-state index in [9.17, 15) is 0 Å². The first kappa shape index (κ1) is 17.5. The maximum absolute atomic E-state index is 5.12. The monoisotopic (exact) mass is 388 g/mol. The van der Waals surface area contributed by atoms with Gasteiger partial charge in [0.1, 0.15) is 10.8 Å². The highest BCUT2D eigenvalue weighted by molar-refractivity contribution is 7.16. The van der Waals surface area contributed by atoms with E-state index in [1.165, 1.54) is 21.0 Å². The molecule has 1 unspecified atom stereocenters. The predicted octanol–water partition coefficient (Wildman–Crippen LogP) is 4.71. The summed E-state index contributed by atoms with van der Waals surface area (Å²) in [6.45, 7) is 5.08. The minimum Gasteiger partial charge on any atom is -0.353 e. The summed E-state index contributed by atoms with van der Waals surface area (Å²) in [6.07, 6.45) is 1.04. The summed E-state index contributed by atoms with van der Waals surface area (Å²) in [5.74, 6) is 1.09. The standard InChI is InChI=1S/C23H24N4S/c1-16-13-19-22(25-20-9-5-6-10-21(20)26-23(19)28-16)27-12-11-24-18(15-27)14-17-7-3-2-4-8-17/h2-10,13,18,24,26H,11-12,14-15H2,1H3. The third-order valence-corrected chi connectivity index (χ3v) is 6.32. The highest BCUT2D eigenvalue weighted by atomic mass is 32.1. The van der Waals surface area contributed by atoms with E-state index >= 15 is 0 Å². The van der Waals surface area contributed by atoms with Crippen LogP contribution in [0.5, 0.6) is 0 Å². The Bertz CT molecular complexity index is 1010. The zero-order chi connectivity index (χ0) is 18.9. The van der Waals surface area contributed by atoms with Crippen LogP contribution in [0, 0.1) is 6.92 Å². The van der Waals surface area contributed by atoms with Crippen molar-refractivity contribution in [3.8, 4) is 0 Å². The van der Waals surface area contributed by atoms with E-state index in [2.05, 4.69) is 83.1 Å². The topological polar surface area (TPSA) is 39.7 Å². The molecule has 28 heavy (non-hydrogen) atoms. The lowest BCUT2D eigenvalue weighted by Crippen LogP contribution is -2.53. The van der Waals surface area contributed by atoms with Gasteiger partial charge in [-0.2, -0.15) is 0 Å². The van der Waals surface area contributed by atoms with Crippen LogP contribution < -0.4 is 10.6 Å². The van der Waals surface area contributed by atoms with Crippen molar-refractivity contribution in [2.75, 3.05) is 25.0 Å². The van der Waals surface area contributed by atoms with Crippen LogP contribution in [0.2, 0.25) is 0 Å². The van der Waals surface area contributed by atoms with Crippen molar-refractivity contribution >= 4 is 33.5 Å². The normalized spacial score (nSPS) is 18.5. The predicted molar refractivity (Wildman–Crippen MR) is 118 cm³/mol. The Hall–Kier alpha value is -2.63. The van der Waals surface area contributed by atoms with Gasteiger partial charge in [0.15, 0.2) is 0 Å². The van der Waals surface area contributed by atoms with E-state index < -0.39 is 0 Å². The van der Waals surface area contributed by atoms with Gasteiger partial charge in [0.05, 0.1) is 16.9 Å². The Kier molecular flexibility index (Phi) is 4.63. The van der Waals surface area contributed by atoms with E-state index in [1.54, 1.807) is 11.3 Å². The number of hydrogen-bond donors (Lipinski definition) is 2. The summed E-state index contributed by atoms with van der Waals surface area (Å²) < 4.78 is 0. The number of benzene rings is 2. The van der Waals surface area contributed by atoms with Crippen LogP contribution in [0.15, 0.2) is 65.7 Å². The summed E-state index contributed by atoms with van der Waals surface area (Å²) in [6, 6.07) is 21.8. The highest BCUT2D eigenvalue weighted by Crippen LogP contribution is 2.39. The van der Waals surface area contributed by atoms with Gasteiger partial charge in [0.2, 0.25) is 0 Å². The molecule has 0 spiro atoms. The van der Waals surface area contributed by atoms with Crippen LogP contribution in [-0.2, 0) is 6.42 Å². The Morgan fingerprint density at radius 1 is 1.11 bits per heavy atom. The molecule has 0 saturated carbocycles. The number of nitrogens with zero attached hydrogens (tertiary/aromatic N) is 2. The van der Waals surface area contributed by atoms with E-state index in [1.807, 2.05) is 0 Å². The van der Waals surface area contributed by atoms with E-state index in [0.717, 1.165) is 43.3 Å². The number of hydrogen-bond acceptors (Lipinski definition) is 5. The quantitative estimate of drug-likeness (QED) is 0.668. The number of rotatable bonds is 2. The molecule has 5 rings (SSSR count). The maximum atomic E-state index is 5.12. The molecule has 1 atom stereocenters. The average Bonchev–Trinajstić information content (AvgIpc) is 3.00. The molecule has 0 aliphatic carbocycles. The van der Waals surface area contributed by atoms with Crippen molar-refractivity contribution in [2.24, 2.45) is 4.99 Å². The number of fused-ring (bicyclic) bond motifs is 2. The largest absolute Gasteiger partial charge is 0.353 e. The number of piperazine rings is 1. The Labute approximate surface area is 169 Å². The molecule has 3 heterocycles. The van der Waals surface area contributed by atoms with Gasteiger partial charge < -0.3 is 15.5 Å². The van der Waals surface area contributed by atoms with Crippen molar-refractivity contribution in [2.45, 2.75) is 19.4 Å². The van der Waals surface area contributed by atoms with Crippen molar-refractivity contribution in [1.29, 1.82) is 0 Å².